The van der Waals surface area contributed by atoms with Crippen LogP contribution in [0.2, 0.25) is 0 Å². The van der Waals surface area contributed by atoms with Crippen LogP contribution in [-0.4, -0.2) is 9.97 Å². The van der Waals surface area contributed by atoms with Crippen LogP contribution in [0.25, 0.3) is 0 Å². The van der Waals surface area contributed by atoms with Gasteiger partial charge < -0.3 is 0 Å². The molecule has 1 rings (SSSR count). The molecule has 0 aliphatic rings. The minimum atomic E-state index is -2.17. The number of hydrogen-bond donors (Lipinski definition) is 0. The van der Waals surface area contributed by atoms with E-state index in [0.717, 1.165) is 0 Å². The van der Waals surface area contributed by atoms with Crippen molar-refractivity contribution in [3.63, 3.8) is 0 Å². The first-order valence-electron chi connectivity index (χ1n) is 3.48. The van der Waals surface area contributed by atoms with Gasteiger partial charge in [-0.3, -0.25) is 4.98 Å². The van der Waals surface area contributed by atoms with Crippen LogP contribution < -0.4 is 0 Å². The number of aryl methyl sites for hydroxylation is 1. The van der Waals surface area contributed by atoms with Gasteiger partial charge in [-0.25, -0.2) is 4.98 Å². The maximum absolute atomic E-state index is 6.98. The largest absolute Gasteiger partial charge is 0.260 e. The zero-order valence-corrected chi connectivity index (χ0v) is 5.51. The number of hydrogen-bond acceptors (Lipinski definition) is 2. The maximum atomic E-state index is 6.98. The highest BCUT2D eigenvalue weighted by Gasteiger charge is 1.85. The zero-order valence-electron chi connectivity index (χ0n) is 6.93. The Labute approximate surface area is 60.3 Å². The van der Waals surface area contributed by atoms with E-state index in [9.17, 15) is 0 Å². The van der Waals surface area contributed by atoms with E-state index in [0.29, 0.717) is 4.60 Å². The quantitative estimate of drug-likeness (QED) is 0.599. The summed E-state index contributed by atoms with van der Waals surface area (Å²) in [7, 11) is 0. The van der Waals surface area contributed by atoms with E-state index in [1.807, 2.05) is 0 Å². The molecule has 0 aliphatic heterocycles. The summed E-state index contributed by atoms with van der Waals surface area (Å²) in [4.78, 5) is 7.42. The van der Waals surface area contributed by atoms with Crippen molar-refractivity contribution >= 4 is 15.9 Å². The highest BCUT2D eigenvalue weighted by Crippen LogP contribution is 2.01. The highest BCUT2D eigenvalue weighted by molar-refractivity contribution is 9.10. The van der Waals surface area contributed by atoms with Crippen molar-refractivity contribution in [2.45, 2.75) is 6.85 Å². The lowest BCUT2D eigenvalue weighted by atomic mass is 10.5. The van der Waals surface area contributed by atoms with Crippen molar-refractivity contribution in [2.75, 3.05) is 0 Å². The molecular weight excluding hydrogens is 168 g/mol. The van der Waals surface area contributed by atoms with Crippen LogP contribution in [0.15, 0.2) is 17.0 Å². The van der Waals surface area contributed by atoms with Gasteiger partial charge in [-0.05, 0) is 22.8 Å². The van der Waals surface area contributed by atoms with Crippen LogP contribution in [0, 0.1) is 6.85 Å². The number of halogens is 1. The first-order valence-corrected chi connectivity index (χ1v) is 2.77. The molecule has 0 radical (unpaired) electrons. The molecule has 0 spiro atoms. The molecule has 0 saturated carbocycles. The fourth-order valence-corrected chi connectivity index (χ4v) is 0.651. The molecule has 8 heavy (non-hydrogen) atoms. The van der Waals surface area contributed by atoms with E-state index in [-0.39, 0.29) is 5.69 Å². The number of rotatable bonds is 0. The van der Waals surface area contributed by atoms with Crippen molar-refractivity contribution in [1.82, 2.24) is 9.97 Å². The predicted octanol–water partition coefficient (Wildman–Crippen LogP) is 1.55. The second-order valence-electron chi connectivity index (χ2n) is 1.23. The minimum absolute atomic E-state index is 0.00637. The van der Waals surface area contributed by atoms with Crippen molar-refractivity contribution in [3.8, 4) is 0 Å². The minimum Gasteiger partial charge on any atom is -0.260 e. The fraction of sp³-hybridized carbons (Fsp3) is 0.200. The molecule has 42 valence electrons. The number of aromatic nitrogens is 2. The molecule has 0 N–H and O–H groups in total. The molecule has 1 aromatic heterocycles. The van der Waals surface area contributed by atoms with Gasteiger partial charge in [0.15, 0.2) is 0 Å². The molecule has 3 heteroatoms. The molecule has 0 amide bonds. The Morgan fingerprint density at radius 2 is 2.62 bits per heavy atom. The van der Waals surface area contributed by atoms with Gasteiger partial charge in [0, 0.05) is 10.3 Å². The molecule has 2 nitrogen and oxygen atoms in total. The molecule has 1 aromatic rings. The van der Waals surface area contributed by atoms with Gasteiger partial charge in [0.05, 0.1) is 11.9 Å². The fourth-order valence-electron chi connectivity index (χ4n) is 0.342. The SMILES string of the molecule is [2H]C([2H])([2H])c1cncc(Br)n1. The third-order valence-electron chi connectivity index (χ3n) is 0.605. The van der Waals surface area contributed by atoms with Crippen LogP contribution >= 0.6 is 15.9 Å². The van der Waals surface area contributed by atoms with Gasteiger partial charge in [-0.2, -0.15) is 0 Å². The van der Waals surface area contributed by atoms with Crippen molar-refractivity contribution in [3.05, 3.63) is 22.7 Å². The Morgan fingerprint density at radius 3 is 3.12 bits per heavy atom. The molecule has 0 atom stereocenters. The summed E-state index contributed by atoms with van der Waals surface area (Å²) in [6.45, 7) is -2.17. The van der Waals surface area contributed by atoms with E-state index < -0.39 is 6.85 Å². The van der Waals surface area contributed by atoms with E-state index in [1.165, 1.54) is 12.4 Å². The average Bonchev–Trinajstić information content (AvgIpc) is 1.86. The van der Waals surface area contributed by atoms with Crippen molar-refractivity contribution in [1.29, 1.82) is 0 Å². The predicted molar refractivity (Wildman–Crippen MR) is 34.5 cm³/mol. The normalized spacial score (nSPS) is 16.4. The molecule has 0 unspecified atom stereocenters. The molecule has 0 saturated heterocycles. The summed E-state index contributed by atoms with van der Waals surface area (Å²) >= 11 is 3.03. The summed E-state index contributed by atoms with van der Waals surface area (Å²) < 4.78 is 21.4. The number of nitrogens with zero attached hydrogens (tertiary/aromatic N) is 2. The lowest BCUT2D eigenvalue weighted by Gasteiger charge is -1.87. The smallest absolute Gasteiger partial charge is 0.124 e. The highest BCUT2D eigenvalue weighted by atomic mass is 79.9. The second kappa shape index (κ2) is 2.22. The van der Waals surface area contributed by atoms with Gasteiger partial charge in [-0.15, -0.1) is 0 Å². The molecule has 0 aliphatic carbocycles. The third-order valence-corrected chi connectivity index (χ3v) is 0.987. The standard InChI is InChI=1S/C5H5BrN2/c1-4-2-7-3-5(6)8-4/h2-3H,1H3/i1D3. The van der Waals surface area contributed by atoms with Crippen molar-refractivity contribution < 1.29 is 4.11 Å². The Balaban J connectivity index is 3.06. The summed E-state index contributed by atoms with van der Waals surface area (Å²) in [5.41, 5.74) is 0.00637. The topological polar surface area (TPSA) is 25.8 Å². The first-order chi connectivity index (χ1) is 5.00. The van der Waals surface area contributed by atoms with Gasteiger partial charge in [0.25, 0.3) is 0 Å². The average molecular weight is 176 g/mol. The second-order valence-corrected chi connectivity index (χ2v) is 2.04. The van der Waals surface area contributed by atoms with E-state index in [1.54, 1.807) is 0 Å². The summed E-state index contributed by atoms with van der Waals surface area (Å²) in [6.07, 6.45) is 2.67. The lowest BCUT2D eigenvalue weighted by molar-refractivity contribution is 1.09. The van der Waals surface area contributed by atoms with Crippen LogP contribution in [0.4, 0.5) is 0 Å². The Hall–Kier alpha value is -0.440. The van der Waals surface area contributed by atoms with E-state index in [4.69, 9.17) is 4.11 Å². The van der Waals surface area contributed by atoms with Gasteiger partial charge >= 0.3 is 0 Å². The molecule has 1 heterocycles. The van der Waals surface area contributed by atoms with Crippen molar-refractivity contribution in [2.24, 2.45) is 0 Å². The Morgan fingerprint density at radius 1 is 1.75 bits per heavy atom. The lowest BCUT2D eigenvalue weighted by Crippen LogP contribution is -1.81. The van der Waals surface area contributed by atoms with Crippen LogP contribution in [0.3, 0.4) is 0 Å². The molecule has 0 aromatic carbocycles. The van der Waals surface area contributed by atoms with Crippen LogP contribution in [0.5, 0.6) is 0 Å². The Kier molecular flexibility index (Phi) is 0.809. The zero-order chi connectivity index (χ0) is 8.48. The van der Waals surface area contributed by atoms with Gasteiger partial charge in [0.2, 0.25) is 0 Å². The van der Waals surface area contributed by atoms with E-state index in [2.05, 4.69) is 25.9 Å². The molecule has 0 bridgehead atoms. The monoisotopic (exact) mass is 175 g/mol. The maximum Gasteiger partial charge on any atom is 0.124 e. The summed E-state index contributed by atoms with van der Waals surface area (Å²) in [6, 6.07) is 0. The molecular formula is C5H5BrN2. The van der Waals surface area contributed by atoms with E-state index >= 15 is 0 Å². The Bertz CT molecular complexity index is 260. The van der Waals surface area contributed by atoms with Gasteiger partial charge in [0.1, 0.15) is 4.60 Å². The first kappa shape index (κ1) is 2.92. The van der Waals surface area contributed by atoms with Gasteiger partial charge in [-0.1, -0.05) is 0 Å². The third kappa shape index (κ3) is 1.26. The summed E-state index contributed by atoms with van der Waals surface area (Å²) in [5.74, 6) is 0. The van der Waals surface area contributed by atoms with Crippen LogP contribution in [-0.2, 0) is 0 Å². The molecule has 0 fully saturated rings. The summed E-state index contributed by atoms with van der Waals surface area (Å²) in [5, 5.41) is 0. The van der Waals surface area contributed by atoms with Crippen LogP contribution in [0.1, 0.15) is 9.81 Å².